The fraction of sp³-hybridized carbons (Fsp3) is 0.425. The number of amides is 3. The molecular weight excluding hydrogens is 787 g/mol. The van der Waals surface area contributed by atoms with Crippen molar-refractivity contribution in [1.29, 1.82) is 0 Å². The molecule has 0 bridgehead atoms. The molecule has 4 heterocycles. The van der Waals surface area contributed by atoms with Crippen molar-refractivity contribution in [3.63, 3.8) is 0 Å². The van der Waals surface area contributed by atoms with Gasteiger partial charge in [-0.1, -0.05) is 18.2 Å². The number of benzene rings is 2. The van der Waals surface area contributed by atoms with Crippen molar-refractivity contribution >= 4 is 60.8 Å². The van der Waals surface area contributed by atoms with Gasteiger partial charge in [0.15, 0.2) is 5.13 Å². The molecule has 308 valence electrons. The van der Waals surface area contributed by atoms with E-state index < -0.39 is 45.4 Å². The summed E-state index contributed by atoms with van der Waals surface area (Å²) in [6.07, 6.45) is 1.02. The lowest BCUT2D eigenvalue weighted by Gasteiger charge is -2.26. The summed E-state index contributed by atoms with van der Waals surface area (Å²) in [6.45, 7) is 9.01. The van der Waals surface area contributed by atoms with Crippen LogP contribution in [0.5, 0.6) is 11.5 Å². The standard InChI is InChI=1S/C40H47N7O9S2/c1-5-25-21-40(25)38(50)46-58(51,52)35-9-7-6-8-29(35)41-13-15-55-17-16-54-14-12-36(48)47-22-27(19-33(47)37(49)45-40)56-34-20-31(32-23-57-39(44-32)42-24(2)3)43-30-18-26(53-4)10-11-28(30)34/h5-11,18,20,23-25,27,33,41H,1,12-17,19,21-22H2,2-4H3,(H,42,44)(H,45,49)(H,46,50)/t25-,27-,33+,40-/m1/s1. The molecule has 0 unspecified atom stereocenters. The number of rotatable bonds is 7. The second kappa shape index (κ2) is 17.3. The van der Waals surface area contributed by atoms with Crippen molar-refractivity contribution in [1.82, 2.24) is 24.9 Å². The molecule has 4 N–H and O–H groups in total. The zero-order valence-electron chi connectivity index (χ0n) is 32.5. The first-order chi connectivity index (χ1) is 27.9. The SMILES string of the molecule is C=C[C@@H]1C[C@@]12NC(=O)[C@@H]1C[C@@H](Oc3cc(-c4csc(NC(C)C)n4)nc4cc(OC)ccc34)CN1C(=O)CCOCCOCCNc1ccccc1S(=O)(=O)NC2=O. The minimum atomic E-state index is -4.39. The van der Waals surface area contributed by atoms with Gasteiger partial charge in [-0.3, -0.25) is 14.4 Å². The zero-order chi connectivity index (χ0) is 41.0. The molecule has 58 heavy (non-hydrogen) atoms. The third kappa shape index (κ3) is 8.89. The van der Waals surface area contributed by atoms with Crippen molar-refractivity contribution in [3.05, 3.63) is 66.6 Å². The molecule has 3 aliphatic rings. The van der Waals surface area contributed by atoms with Gasteiger partial charge in [-0.15, -0.1) is 17.9 Å². The maximum atomic E-state index is 14.3. The normalized spacial score (nSPS) is 24.2. The maximum absolute atomic E-state index is 14.3. The van der Waals surface area contributed by atoms with Crippen molar-refractivity contribution < 1.29 is 41.7 Å². The lowest BCUT2D eigenvalue weighted by molar-refractivity contribution is -0.140. The minimum Gasteiger partial charge on any atom is -0.497 e. The number of hydrogen-bond donors (Lipinski definition) is 4. The molecule has 1 saturated carbocycles. The van der Waals surface area contributed by atoms with E-state index in [1.54, 1.807) is 43.5 Å². The number of nitrogens with one attached hydrogen (secondary N) is 4. The summed E-state index contributed by atoms with van der Waals surface area (Å²) < 4.78 is 53.0. The molecule has 4 atom stereocenters. The Kier molecular flexibility index (Phi) is 12.2. The number of methoxy groups -OCH3 is 1. The molecular formula is C40H47N7O9S2. The van der Waals surface area contributed by atoms with Gasteiger partial charge in [0.05, 0.1) is 63.4 Å². The number of aromatic nitrogens is 2. The number of fused-ring (bicyclic) bond motifs is 3. The second-order valence-electron chi connectivity index (χ2n) is 14.6. The van der Waals surface area contributed by atoms with Crippen molar-refractivity contribution in [3.8, 4) is 22.9 Å². The van der Waals surface area contributed by atoms with Crippen LogP contribution in [0.2, 0.25) is 0 Å². The number of ether oxygens (including phenoxy) is 4. The smallest absolute Gasteiger partial charge is 0.266 e. The van der Waals surface area contributed by atoms with Gasteiger partial charge < -0.3 is 39.8 Å². The molecule has 3 amide bonds. The van der Waals surface area contributed by atoms with Gasteiger partial charge in [0.25, 0.3) is 15.9 Å². The number of hydrogen-bond acceptors (Lipinski definition) is 14. The molecule has 18 heteroatoms. The number of sulfonamides is 1. The van der Waals surface area contributed by atoms with Crippen LogP contribution in [-0.4, -0.2) is 111 Å². The first kappa shape index (κ1) is 40.9. The van der Waals surface area contributed by atoms with Crippen LogP contribution in [0.15, 0.2) is 71.5 Å². The van der Waals surface area contributed by atoms with Crippen LogP contribution >= 0.6 is 11.3 Å². The highest BCUT2D eigenvalue weighted by atomic mass is 32.2. The Labute approximate surface area is 340 Å². The molecule has 2 aromatic carbocycles. The number of carbonyl (C=O) groups excluding carboxylic acids is 3. The average molecular weight is 834 g/mol. The van der Waals surface area contributed by atoms with E-state index in [0.29, 0.717) is 33.8 Å². The van der Waals surface area contributed by atoms with Gasteiger partial charge in [-0.05, 0) is 44.5 Å². The zero-order valence-corrected chi connectivity index (χ0v) is 34.1. The summed E-state index contributed by atoms with van der Waals surface area (Å²) in [5.74, 6) is -1.36. The number of carbonyl (C=O) groups is 3. The summed E-state index contributed by atoms with van der Waals surface area (Å²) in [4.78, 5) is 53.0. The Morgan fingerprint density at radius 1 is 1.05 bits per heavy atom. The third-order valence-corrected chi connectivity index (χ3v) is 12.3. The van der Waals surface area contributed by atoms with Crippen LogP contribution in [0.4, 0.5) is 10.8 Å². The Balaban J connectivity index is 1.18. The highest BCUT2D eigenvalue weighted by molar-refractivity contribution is 7.90. The van der Waals surface area contributed by atoms with E-state index in [2.05, 4.69) is 27.3 Å². The van der Waals surface area contributed by atoms with Crippen LogP contribution in [0.3, 0.4) is 0 Å². The van der Waals surface area contributed by atoms with Gasteiger partial charge in [0.1, 0.15) is 39.8 Å². The molecule has 1 aliphatic carbocycles. The molecule has 2 aliphatic heterocycles. The van der Waals surface area contributed by atoms with Crippen LogP contribution in [0, 0.1) is 5.92 Å². The van der Waals surface area contributed by atoms with E-state index in [-0.39, 0.29) is 81.3 Å². The Hall–Kier alpha value is -5.30. The minimum absolute atomic E-state index is 0.0211. The third-order valence-electron chi connectivity index (χ3n) is 10.2. The van der Waals surface area contributed by atoms with Crippen molar-refractivity contribution in [2.24, 2.45) is 5.92 Å². The molecule has 16 nitrogen and oxygen atoms in total. The largest absolute Gasteiger partial charge is 0.497 e. The van der Waals surface area contributed by atoms with Gasteiger partial charge in [0.2, 0.25) is 11.8 Å². The van der Waals surface area contributed by atoms with E-state index in [0.717, 1.165) is 5.13 Å². The highest BCUT2D eigenvalue weighted by Gasteiger charge is 2.61. The summed E-state index contributed by atoms with van der Waals surface area (Å²) in [6, 6.07) is 12.6. The van der Waals surface area contributed by atoms with E-state index in [1.165, 1.54) is 28.4 Å². The molecule has 2 fully saturated rings. The number of para-hydroxylation sites is 1. The number of nitrogens with zero attached hydrogens (tertiary/aromatic N) is 3. The van der Waals surface area contributed by atoms with Crippen LogP contribution in [0.25, 0.3) is 22.3 Å². The fourth-order valence-corrected chi connectivity index (χ4v) is 9.23. The quantitative estimate of drug-likeness (QED) is 0.196. The Bertz CT molecular complexity index is 2300. The van der Waals surface area contributed by atoms with E-state index in [9.17, 15) is 22.8 Å². The molecule has 1 saturated heterocycles. The maximum Gasteiger partial charge on any atom is 0.266 e. The Morgan fingerprint density at radius 2 is 1.84 bits per heavy atom. The molecule has 0 radical (unpaired) electrons. The molecule has 2 aromatic heterocycles. The van der Waals surface area contributed by atoms with E-state index >= 15 is 0 Å². The van der Waals surface area contributed by atoms with Crippen LogP contribution < -0.4 is 30.1 Å². The average Bonchev–Trinajstić information content (AvgIpc) is 3.47. The van der Waals surface area contributed by atoms with Crippen LogP contribution in [0.1, 0.15) is 33.1 Å². The van der Waals surface area contributed by atoms with Gasteiger partial charge >= 0.3 is 0 Å². The highest BCUT2D eigenvalue weighted by Crippen LogP contribution is 2.45. The van der Waals surface area contributed by atoms with Gasteiger partial charge in [-0.2, -0.15) is 0 Å². The van der Waals surface area contributed by atoms with Crippen LogP contribution in [-0.2, 0) is 33.9 Å². The molecule has 7 rings (SSSR count). The monoisotopic (exact) mass is 833 g/mol. The number of pyridine rings is 1. The topological polar surface area (TPSA) is 199 Å². The Morgan fingerprint density at radius 3 is 2.60 bits per heavy atom. The van der Waals surface area contributed by atoms with Gasteiger partial charge in [0, 0.05) is 47.8 Å². The number of thiazole rings is 1. The van der Waals surface area contributed by atoms with Crippen molar-refractivity contribution in [2.45, 2.75) is 61.7 Å². The first-order valence-corrected chi connectivity index (χ1v) is 21.4. The molecule has 1 spiro atoms. The lowest BCUT2D eigenvalue weighted by atomic mass is 10.1. The summed E-state index contributed by atoms with van der Waals surface area (Å²) in [5, 5.41) is 12.5. The van der Waals surface area contributed by atoms with E-state index in [4.69, 9.17) is 28.9 Å². The molecule has 4 aromatic rings. The number of anilines is 2. The summed E-state index contributed by atoms with van der Waals surface area (Å²) >= 11 is 1.46. The first-order valence-electron chi connectivity index (χ1n) is 19.1. The second-order valence-corrected chi connectivity index (χ2v) is 17.1. The fourth-order valence-electron chi connectivity index (χ4n) is 7.16. The summed E-state index contributed by atoms with van der Waals surface area (Å²) in [7, 11) is -2.82. The van der Waals surface area contributed by atoms with Crippen molar-refractivity contribution in [2.75, 3.05) is 57.3 Å². The predicted molar refractivity (Wildman–Crippen MR) is 218 cm³/mol. The van der Waals surface area contributed by atoms with E-state index in [1.807, 2.05) is 25.3 Å². The summed E-state index contributed by atoms with van der Waals surface area (Å²) in [5.41, 5.74) is 0.476. The predicted octanol–water partition coefficient (Wildman–Crippen LogP) is 3.95. The lowest BCUT2D eigenvalue weighted by Crippen LogP contribution is -2.56. The van der Waals surface area contributed by atoms with Gasteiger partial charge in [-0.25, -0.2) is 23.1 Å².